The Bertz CT molecular complexity index is 1370. The van der Waals surface area contributed by atoms with Gasteiger partial charge in [0.1, 0.15) is 0 Å². The average Bonchev–Trinajstić information content (AvgIpc) is 3.50. The molecule has 6 nitrogen and oxygen atoms in total. The van der Waals surface area contributed by atoms with Gasteiger partial charge < -0.3 is 14.8 Å². The molecule has 2 atom stereocenters. The van der Waals surface area contributed by atoms with Crippen molar-refractivity contribution >= 4 is 5.69 Å². The summed E-state index contributed by atoms with van der Waals surface area (Å²) in [6.45, 7) is 4.19. The number of aromatic nitrogens is 3. The number of nitriles is 1. The van der Waals surface area contributed by atoms with E-state index >= 15 is 0 Å². The lowest BCUT2D eigenvalue weighted by Gasteiger charge is -2.29. The topological polar surface area (TPSA) is 61.8 Å². The molecule has 0 amide bonds. The van der Waals surface area contributed by atoms with Crippen LogP contribution < -0.4 is 10.2 Å². The zero-order chi connectivity index (χ0) is 21.2. The van der Waals surface area contributed by atoms with Crippen LogP contribution in [0.3, 0.4) is 0 Å². The minimum Gasteiger partial charge on any atom is -0.370 e. The molecule has 5 heterocycles. The molecule has 3 aliphatic rings. The second kappa shape index (κ2) is 6.59. The molecule has 2 unspecified atom stereocenters. The van der Waals surface area contributed by atoms with E-state index in [-0.39, 0.29) is 0 Å². The van der Waals surface area contributed by atoms with Gasteiger partial charge in [0.25, 0.3) is 0 Å². The van der Waals surface area contributed by atoms with E-state index in [0.29, 0.717) is 11.6 Å². The molecular weight excluding hydrogens is 396 g/mol. The van der Waals surface area contributed by atoms with Gasteiger partial charge in [0, 0.05) is 68.0 Å². The van der Waals surface area contributed by atoms with Crippen LogP contribution >= 0.6 is 0 Å². The molecule has 4 aromatic rings. The Hall–Kier alpha value is -3.82. The summed E-state index contributed by atoms with van der Waals surface area (Å²) >= 11 is 0. The highest BCUT2D eigenvalue weighted by Gasteiger charge is 2.39. The molecule has 0 saturated carbocycles. The Morgan fingerprint density at radius 2 is 1.94 bits per heavy atom. The molecule has 2 aromatic carbocycles. The normalized spacial score (nSPS) is 20.4. The van der Waals surface area contributed by atoms with Gasteiger partial charge in [-0.1, -0.05) is 12.1 Å². The molecule has 3 aliphatic heterocycles. The molecule has 1 N–H and O–H groups in total. The van der Waals surface area contributed by atoms with E-state index in [9.17, 15) is 0 Å². The molecule has 32 heavy (non-hydrogen) atoms. The van der Waals surface area contributed by atoms with Crippen LogP contribution in [0.2, 0.25) is 0 Å². The largest absolute Gasteiger partial charge is 0.370 e. The van der Waals surface area contributed by atoms with Crippen molar-refractivity contribution in [3.05, 3.63) is 78.2 Å². The lowest BCUT2D eigenvalue weighted by molar-refractivity contribution is 0.297. The maximum atomic E-state index is 9.10. The molecule has 2 saturated heterocycles. The van der Waals surface area contributed by atoms with Crippen molar-refractivity contribution in [1.82, 2.24) is 19.4 Å². The average molecular weight is 419 g/mol. The predicted octanol–water partition coefficient (Wildman–Crippen LogP) is 3.65. The number of hydrogen-bond donors (Lipinski definition) is 1. The van der Waals surface area contributed by atoms with Crippen LogP contribution in [0.5, 0.6) is 0 Å². The molecule has 0 bridgehead atoms. The first-order valence-electron chi connectivity index (χ1n) is 11.1. The third kappa shape index (κ3) is 2.58. The third-order valence-electron chi connectivity index (χ3n) is 7.23. The maximum Gasteiger partial charge on any atom is 0.161 e. The maximum absolute atomic E-state index is 9.10. The van der Waals surface area contributed by atoms with Gasteiger partial charge in [0.15, 0.2) is 5.82 Å². The SMILES string of the molecule is N#Cc1ccc(-c2cc3n(c2)Cc2cc(N4CC5CNC5C4)ccc2-n2ccnc2-3)cc1. The Morgan fingerprint density at radius 1 is 1.03 bits per heavy atom. The lowest BCUT2D eigenvalue weighted by atomic mass is 9.96. The van der Waals surface area contributed by atoms with Crippen molar-refractivity contribution in [2.75, 3.05) is 24.5 Å². The number of imidazole rings is 1. The van der Waals surface area contributed by atoms with E-state index < -0.39 is 0 Å². The van der Waals surface area contributed by atoms with E-state index in [0.717, 1.165) is 54.7 Å². The summed E-state index contributed by atoms with van der Waals surface area (Å²) in [6, 6.07) is 19.7. The Labute approximate surface area is 186 Å². The smallest absolute Gasteiger partial charge is 0.161 e. The minimum atomic E-state index is 0.653. The zero-order valence-electron chi connectivity index (χ0n) is 17.6. The first-order valence-corrected chi connectivity index (χ1v) is 11.1. The summed E-state index contributed by atoms with van der Waals surface area (Å²) in [5, 5.41) is 12.7. The Morgan fingerprint density at radius 3 is 2.69 bits per heavy atom. The van der Waals surface area contributed by atoms with Crippen LogP contribution in [-0.4, -0.2) is 39.8 Å². The van der Waals surface area contributed by atoms with Crippen molar-refractivity contribution in [3.63, 3.8) is 0 Å². The molecule has 2 fully saturated rings. The van der Waals surface area contributed by atoms with Crippen molar-refractivity contribution in [2.24, 2.45) is 5.92 Å². The van der Waals surface area contributed by atoms with Gasteiger partial charge >= 0.3 is 0 Å². The Balaban J connectivity index is 1.31. The van der Waals surface area contributed by atoms with E-state index in [2.05, 4.69) is 62.1 Å². The highest BCUT2D eigenvalue weighted by atomic mass is 15.2. The van der Waals surface area contributed by atoms with Crippen LogP contribution in [-0.2, 0) is 6.54 Å². The molecule has 2 aromatic heterocycles. The summed E-state index contributed by atoms with van der Waals surface area (Å²) < 4.78 is 4.51. The van der Waals surface area contributed by atoms with Gasteiger partial charge in [-0.25, -0.2) is 4.98 Å². The molecule has 7 rings (SSSR count). The number of rotatable bonds is 2. The summed E-state index contributed by atoms with van der Waals surface area (Å²) in [5.74, 6) is 1.75. The van der Waals surface area contributed by atoms with E-state index in [1.807, 2.05) is 30.5 Å². The number of anilines is 1. The zero-order valence-corrected chi connectivity index (χ0v) is 17.6. The molecule has 0 spiro atoms. The van der Waals surface area contributed by atoms with E-state index in [4.69, 9.17) is 10.2 Å². The van der Waals surface area contributed by atoms with Gasteiger partial charge in [-0.2, -0.15) is 5.26 Å². The van der Waals surface area contributed by atoms with Gasteiger partial charge in [-0.05, 0) is 47.5 Å². The van der Waals surface area contributed by atoms with Crippen LogP contribution in [0.15, 0.2) is 67.1 Å². The highest BCUT2D eigenvalue weighted by Crippen LogP contribution is 2.36. The summed E-state index contributed by atoms with van der Waals surface area (Å²) in [6.07, 6.45) is 6.14. The summed E-state index contributed by atoms with van der Waals surface area (Å²) in [4.78, 5) is 7.22. The first kappa shape index (κ1) is 17.8. The number of nitrogens with one attached hydrogen (secondary N) is 1. The quantitative estimate of drug-likeness (QED) is 0.475. The molecule has 156 valence electrons. The summed E-state index contributed by atoms with van der Waals surface area (Å²) in [5.41, 5.74) is 7.84. The first-order chi connectivity index (χ1) is 15.8. The van der Waals surface area contributed by atoms with E-state index in [1.54, 1.807) is 0 Å². The van der Waals surface area contributed by atoms with Gasteiger partial charge in [0.05, 0.1) is 23.0 Å². The van der Waals surface area contributed by atoms with Gasteiger partial charge in [0.2, 0.25) is 0 Å². The molecule has 0 radical (unpaired) electrons. The van der Waals surface area contributed by atoms with E-state index in [1.165, 1.54) is 16.9 Å². The number of benzene rings is 2. The standard InChI is InChI=1S/C26H22N6/c27-11-17-1-3-18(4-2-17)19-10-25-26-28-7-8-32(26)24-6-5-22(9-20(24)14-31(25)13-19)30-15-21-12-29-23(21)16-30/h1-10,13,21,23,29H,12,14-16H2. The molecular formula is C26H22N6. The van der Waals surface area contributed by atoms with Crippen LogP contribution in [0.1, 0.15) is 11.1 Å². The monoisotopic (exact) mass is 418 g/mol. The number of fused-ring (bicyclic) bond motifs is 6. The minimum absolute atomic E-state index is 0.653. The van der Waals surface area contributed by atoms with Crippen LogP contribution in [0.25, 0.3) is 28.3 Å². The van der Waals surface area contributed by atoms with Gasteiger partial charge in [-0.15, -0.1) is 0 Å². The molecule has 0 aliphatic carbocycles. The number of nitrogens with zero attached hydrogens (tertiary/aromatic N) is 5. The van der Waals surface area contributed by atoms with Crippen LogP contribution in [0, 0.1) is 17.2 Å². The van der Waals surface area contributed by atoms with Crippen LogP contribution in [0.4, 0.5) is 5.69 Å². The number of hydrogen-bond acceptors (Lipinski definition) is 4. The lowest BCUT2D eigenvalue weighted by Crippen LogP contribution is -2.51. The summed E-state index contributed by atoms with van der Waals surface area (Å²) in [7, 11) is 0. The Kier molecular flexibility index (Phi) is 3.67. The van der Waals surface area contributed by atoms with Crippen molar-refractivity contribution in [2.45, 2.75) is 12.6 Å². The third-order valence-corrected chi connectivity index (χ3v) is 7.23. The molecule has 6 heteroatoms. The van der Waals surface area contributed by atoms with Gasteiger partial charge in [-0.3, -0.25) is 4.57 Å². The highest BCUT2D eigenvalue weighted by molar-refractivity contribution is 5.72. The van der Waals surface area contributed by atoms with Crippen molar-refractivity contribution in [3.8, 4) is 34.4 Å². The second-order valence-electron chi connectivity index (χ2n) is 9.04. The fraction of sp³-hybridized carbons (Fsp3) is 0.231. The van der Waals surface area contributed by atoms with Crippen molar-refractivity contribution in [1.29, 1.82) is 5.26 Å². The fourth-order valence-corrected chi connectivity index (χ4v) is 5.39. The predicted molar refractivity (Wildman–Crippen MR) is 124 cm³/mol. The second-order valence-corrected chi connectivity index (χ2v) is 9.04. The fourth-order valence-electron chi connectivity index (χ4n) is 5.39. The van der Waals surface area contributed by atoms with Crippen molar-refractivity contribution < 1.29 is 0 Å².